The first-order valence-electron chi connectivity index (χ1n) is 3.65. The Balaban J connectivity index is 3.10. The second kappa shape index (κ2) is 3.65. The molecule has 0 atom stereocenters. The predicted molar refractivity (Wildman–Crippen MR) is 59.5 cm³/mol. The summed E-state index contributed by atoms with van der Waals surface area (Å²) in [6.45, 7) is 3.39. The number of benzene rings is 1. The monoisotopic (exact) mass is 216 g/mol. The summed E-state index contributed by atoms with van der Waals surface area (Å²) < 4.78 is 0. The van der Waals surface area contributed by atoms with E-state index in [1.165, 1.54) is 0 Å². The van der Waals surface area contributed by atoms with E-state index < -0.39 is 6.69 Å². The van der Waals surface area contributed by atoms with Crippen molar-refractivity contribution in [2.45, 2.75) is 6.55 Å². The van der Waals surface area contributed by atoms with Crippen molar-refractivity contribution in [2.75, 3.05) is 0 Å². The lowest BCUT2D eigenvalue weighted by atomic mass is 10.2. The Bertz CT molecular complexity index is 289. The Kier molecular flexibility index (Phi) is 2.99. The molecule has 0 aliphatic heterocycles. The highest BCUT2D eigenvalue weighted by atomic mass is 35.7. The second-order valence-electron chi connectivity index (χ2n) is 2.72. The fraction of sp³-hybridized carbons (Fsp3) is 0.111. The fourth-order valence-electron chi connectivity index (χ4n) is 0.939. The van der Waals surface area contributed by atoms with Gasteiger partial charge in [-0.05, 0) is 17.3 Å². The lowest BCUT2D eigenvalue weighted by Crippen LogP contribution is -2.32. The van der Waals surface area contributed by atoms with Gasteiger partial charge in [0.05, 0.1) is 0 Å². The van der Waals surface area contributed by atoms with Crippen molar-refractivity contribution in [3.8, 4) is 0 Å². The molecule has 64 valence electrons. The van der Waals surface area contributed by atoms with Crippen LogP contribution in [0, 0.1) is 0 Å². The quantitative estimate of drug-likeness (QED) is 0.527. The molecule has 1 aromatic rings. The van der Waals surface area contributed by atoms with E-state index in [0.29, 0.717) is 0 Å². The highest BCUT2D eigenvalue weighted by molar-refractivity contribution is 7.50. The van der Waals surface area contributed by atoms with Crippen molar-refractivity contribution < 1.29 is 0 Å². The van der Waals surface area contributed by atoms with Crippen LogP contribution in [0.2, 0.25) is 6.55 Å². The minimum absolute atomic E-state index is 1.03. The minimum Gasteiger partial charge on any atom is -0.140 e. The van der Waals surface area contributed by atoms with Gasteiger partial charge in [0.1, 0.15) is 0 Å². The topological polar surface area (TPSA) is 0 Å². The average Bonchev–Trinajstić information content (AvgIpc) is 2.03. The molecule has 0 aromatic heterocycles. The van der Waals surface area contributed by atoms with Crippen LogP contribution in [-0.4, -0.2) is 6.69 Å². The number of hydrogen-bond acceptors (Lipinski definition) is 0. The summed E-state index contributed by atoms with van der Waals surface area (Å²) in [5, 5.41) is 1.03. The largest absolute Gasteiger partial charge is 0.277 e. The molecule has 1 aromatic carbocycles. The van der Waals surface area contributed by atoms with Gasteiger partial charge < -0.3 is 0 Å². The van der Waals surface area contributed by atoms with Crippen LogP contribution >= 0.6 is 22.2 Å². The van der Waals surface area contributed by atoms with Gasteiger partial charge >= 0.3 is 0 Å². The van der Waals surface area contributed by atoms with E-state index in [1.54, 1.807) is 6.08 Å². The molecule has 0 aliphatic rings. The van der Waals surface area contributed by atoms with Gasteiger partial charge in [-0.2, -0.15) is 0 Å². The van der Waals surface area contributed by atoms with E-state index in [4.69, 9.17) is 22.2 Å². The third kappa shape index (κ3) is 2.37. The first-order chi connectivity index (χ1) is 5.54. The third-order valence-corrected chi connectivity index (χ3v) is 4.26. The fourth-order valence-corrected chi connectivity index (χ4v) is 2.45. The molecule has 0 radical (unpaired) electrons. The van der Waals surface area contributed by atoms with E-state index in [-0.39, 0.29) is 0 Å². The Morgan fingerprint density at radius 1 is 1.42 bits per heavy atom. The molecule has 0 N–H and O–H groups in total. The Morgan fingerprint density at radius 3 is 2.58 bits per heavy atom. The molecule has 12 heavy (non-hydrogen) atoms. The zero-order valence-electron chi connectivity index (χ0n) is 6.85. The van der Waals surface area contributed by atoms with Crippen LogP contribution in [0.3, 0.4) is 0 Å². The van der Waals surface area contributed by atoms with E-state index in [2.05, 4.69) is 6.58 Å². The highest BCUT2D eigenvalue weighted by Crippen LogP contribution is 2.14. The molecule has 0 amide bonds. The van der Waals surface area contributed by atoms with E-state index in [0.717, 1.165) is 10.8 Å². The van der Waals surface area contributed by atoms with E-state index in [9.17, 15) is 0 Å². The van der Waals surface area contributed by atoms with E-state index in [1.807, 2.05) is 30.8 Å². The molecular weight excluding hydrogens is 207 g/mol. The predicted octanol–water partition coefficient (Wildman–Crippen LogP) is 3.09. The molecule has 1 rings (SSSR count). The molecule has 0 fully saturated rings. The molecule has 0 unspecified atom stereocenters. The molecule has 3 heteroatoms. The molecular formula is C9H10Cl2Si. The van der Waals surface area contributed by atoms with Gasteiger partial charge in [-0.25, -0.2) is 0 Å². The average molecular weight is 217 g/mol. The first kappa shape index (κ1) is 9.84. The van der Waals surface area contributed by atoms with Crippen LogP contribution in [0.4, 0.5) is 0 Å². The van der Waals surface area contributed by atoms with Crippen LogP contribution in [0.5, 0.6) is 0 Å². The maximum Gasteiger partial charge on any atom is 0.277 e. The number of rotatable bonds is 2. The van der Waals surface area contributed by atoms with Gasteiger partial charge in [-0.15, -0.1) is 22.2 Å². The molecule has 0 saturated carbocycles. The lowest BCUT2D eigenvalue weighted by Gasteiger charge is -2.10. The van der Waals surface area contributed by atoms with E-state index >= 15 is 0 Å². The molecule has 0 aliphatic carbocycles. The Hall–Kier alpha value is -0.243. The Morgan fingerprint density at radius 2 is 2.08 bits per heavy atom. The van der Waals surface area contributed by atoms with Gasteiger partial charge in [0.2, 0.25) is 0 Å². The normalized spacial score (nSPS) is 11.2. The third-order valence-electron chi connectivity index (χ3n) is 1.63. The summed E-state index contributed by atoms with van der Waals surface area (Å²) in [5.74, 6) is 0. The summed E-state index contributed by atoms with van der Waals surface area (Å²) >= 11 is 12.1. The van der Waals surface area contributed by atoms with Crippen LogP contribution in [0.15, 0.2) is 30.8 Å². The highest BCUT2D eigenvalue weighted by Gasteiger charge is 2.23. The molecule has 0 bridgehead atoms. The van der Waals surface area contributed by atoms with Gasteiger partial charge in [-0.1, -0.05) is 36.9 Å². The summed E-state index contributed by atoms with van der Waals surface area (Å²) in [6, 6.07) is 7.87. The number of halogens is 2. The zero-order valence-corrected chi connectivity index (χ0v) is 9.36. The SMILES string of the molecule is C=Cc1cccc([Si](C)(Cl)Cl)c1. The van der Waals surface area contributed by atoms with Crippen molar-refractivity contribution in [1.29, 1.82) is 0 Å². The smallest absolute Gasteiger partial charge is 0.140 e. The van der Waals surface area contributed by atoms with Crippen molar-refractivity contribution in [1.82, 2.24) is 0 Å². The molecule has 0 nitrogen and oxygen atoms in total. The Labute approximate surface area is 83.2 Å². The number of hydrogen-bond donors (Lipinski definition) is 0. The van der Waals surface area contributed by atoms with Crippen molar-refractivity contribution in [2.24, 2.45) is 0 Å². The van der Waals surface area contributed by atoms with Gasteiger partial charge in [-0.3, -0.25) is 0 Å². The summed E-state index contributed by atoms with van der Waals surface area (Å²) in [5.41, 5.74) is 1.06. The van der Waals surface area contributed by atoms with Crippen molar-refractivity contribution >= 4 is 40.1 Å². The van der Waals surface area contributed by atoms with Gasteiger partial charge in [0.25, 0.3) is 6.69 Å². The van der Waals surface area contributed by atoms with Crippen LogP contribution < -0.4 is 5.19 Å². The first-order valence-corrected chi connectivity index (χ1v) is 8.17. The molecule has 0 saturated heterocycles. The van der Waals surface area contributed by atoms with Crippen molar-refractivity contribution in [3.05, 3.63) is 36.4 Å². The minimum atomic E-state index is -2.18. The summed E-state index contributed by atoms with van der Waals surface area (Å²) in [7, 11) is 0. The van der Waals surface area contributed by atoms with Crippen LogP contribution in [0.1, 0.15) is 5.56 Å². The second-order valence-corrected chi connectivity index (χ2v) is 10.2. The lowest BCUT2D eigenvalue weighted by molar-refractivity contribution is 1.70. The summed E-state index contributed by atoms with van der Waals surface area (Å²) in [4.78, 5) is 0. The summed E-state index contributed by atoms with van der Waals surface area (Å²) in [6.07, 6.45) is 1.79. The molecule has 0 heterocycles. The maximum atomic E-state index is 6.06. The zero-order chi connectivity index (χ0) is 9.19. The molecule has 0 spiro atoms. The van der Waals surface area contributed by atoms with Crippen LogP contribution in [0.25, 0.3) is 6.08 Å². The van der Waals surface area contributed by atoms with Crippen LogP contribution in [-0.2, 0) is 0 Å². The van der Waals surface area contributed by atoms with Gasteiger partial charge in [0, 0.05) is 0 Å². The van der Waals surface area contributed by atoms with Crippen molar-refractivity contribution in [3.63, 3.8) is 0 Å². The standard InChI is InChI=1S/C9H10Cl2Si/c1-3-8-5-4-6-9(7-8)12(2,10)11/h3-7H,1H2,2H3. The maximum absolute atomic E-state index is 6.06. The van der Waals surface area contributed by atoms with Gasteiger partial charge in [0.15, 0.2) is 0 Å².